The summed E-state index contributed by atoms with van der Waals surface area (Å²) in [5.41, 5.74) is 13.9. The van der Waals surface area contributed by atoms with Gasteiger partial charge in [-0.05, 0) is 23.3 Å². The van der Waals surface area contributed by atoms with Gasteiger partial charge in [-0.25, -0.2) is 9.98 Å². The van der Waals surface area contributed by atoms with Crippen molar-refractivity contribution < 1.29 is 0 Å². The van der Waals surface area contributed by atoms with Crippen molar-refractivity contribution in [2.24, 2.45) is 20.0 Å². The summed E-state index contributed by atoms with van der Waals surface area (Å²) in [6.45, 7) is 0.548. The molecule has 196 valence electrons. The van der Waals surface area contributed by atoms with Crippen LogP contribution in [0.1, 0.15) is 39.8 Å². The van der Waals surface area contributed by atoms with Crippen LogP contribution in [0.15, 0.2) is 129 Å². The molecule has 0 unspecified atom stereocenters. The highest BCUT2D eigenvalue weighted by Crippen LogP contribution is 2.34. The molecule has 5 nitrogen and oxygen atoms in total. The zero-order chi connectivity index (χ0) is 27.8. The molecule has 0 aromatic heterocycles. The van der Waals surface area contributed by atoms with Crippen molar-refractivity contribution in [3.8, 4) is 0 Å². The Balaban J connectivity index is 1.35. The van der Waals surface area contributed by atoms with Gasteiger partial charge in [0.05, 0.1) is 40.8 Å². The highest BCUT2D eigenvalue weighted by Gasteiger charge is 2.29. The van der Waals surface area contributed by atoms with Crippen LogP contribution in [0.25, 0.3) is 22.7 Å². The van der Waals surface area contributed by atoms with E-state index >= 15 is 0 Å². The number of benzene rings is 4. The zero-order valence-corrected chi connectivity index (χ0v) is 22.6. The van der Waals surface area contributed by atoms with Crippen molar-refractivity contribution in [1.29, 1.82) is 5.41 Å². The van der Waals surface area contributed by atoms with Crippen molar-refractivity contribution in [1.82, 2.24) is 0 Å². The zero-order valence-electron chi connectivity index (χ0n) is 22.6. The van der Waals surface area contributed by atoms with Crippen LogP contribution in [0.5, 0.6) is 0 Å². The summed E-state index contributed by atoms with van der Waals surface area (Å²) in [5.74, 6) is 0. The molecule has 0 amide bonds. The number of aliphatic imine (C=N–C) groups is 4. The molecule has 0 fully saturated rings. The molecule has 1 N–H and O–H groups in total. The van der Waals surface area contributed by atoms with Gasteiger partial charge in [0.2, 0.25) is 0 Å². The van der Waals surface area contributed by atoms with Gasteiger partial charge in [0, 0.05) is 50.4 Å². The number of rotatable bonds is 0. The third kappa shape index (κ3) is 3.34. The van der Waals surface area contributed by atoms with Crippen LogP contribution in [-0.2, 0) is 0 Å². The molecule has 0 atom stereocenters. The summed E-state index contributed by atoms with van der Waals surface area (Å²) in [6.07, 6.45) is 4.87. The molecule has 5 heteroatoms. The van der Waals surface area contributed by atoms with Crippen LogP contribution in [0.3, 0.4) is 0 Å². The lowest BCUT2D eigenvalue weighted by atomic mass is 10.1. The largest absolute Gasteiger partial charge is 0.296 e. The Hall–Kier alpha value is -5.55. The van der Waals surface area contributed by atoms with E-state index in [-0.39, 0.29) is 0 Å². The normalized spacial score (nSPS) is 17.7. The maximum Gasteiger partial charge on any atom is 0.107 e. The quantitative estimate of drug-likeness (QED) is 0.314. The third-order valence-corrected chi connectivity index (χ3v) is 8.57. The highest BCUT2D eigenvalue weighted by molar-refractivity contribution is 6.42. The number of nitrogens with one attached hydrogen (secondary N) is 1. The molecule has 5 aliphatic rings. The Kier molecular flexibility index (Phi) is 4.81. The fourth-order valence-electron chi connectivity index (χ4n) is 6.58. The molecule has 1 heterocycles. The van der Waals surface area contributed by atoms with E-state index in [1.807, 2.05) is 42.5 Å². The van der Waals surface area contributed by atoms with Crippen LogP contribution in [0, 0.1) is 5.41 Å². The smallest absolute Gasteiger partial charge is 0.107 e. The molecular weight excluding hydrogens is 514 g/mol. The van der Waals surface area contributed by atoms with E-state index in [9.17, 15) is 5.41 Å². The van der Waals surface area contributed by atoms with Crippen molar-refractivity contribution in [2.45, 2.75) is 6.42 Å². The summed E-state index contributed by atoms with van der Waals surface area (Å²) in [6, 6.07) is 33.1. The maximum absolute atomic E-state index is 9.29. The van der Waals surface area contributed by atoms with Gasteiger partial charge >= 0.3 is 0 Å². The van der Waals surface area contributed by atoms with Gasteiger partial charge in [-0.3, -0.25) is 15.4 Å². The van der Waals surface area contributed by atoms with Crippen LogP contribution in [-0.4, -0.2) is 35.1 Å². The second kappa shape index (κ2) is 8.72. The predicted molar refractivity (Wildman–Crippen MR) is 171 cm³/mol. The van der Waals surface area contributed by atoms with E-state index in [1.54, 1.807) is 0 Å². The number of nitrogens with zero attached hydrogens (tertiary/aromatic N) is 4. The molecular formula is C37H23N5. The Bertz CT molecular complexity index is 2250. The third-order valence-electron chi connectivity index (χ3n) is 8.57. The predicted octanol–water partition coefficient (Wildman–Crippen LogP) is 5.36. The van der Waals surface area contributed by atoms with Crippen LogP contribution in [0.2, 0.25) is 0 Å². The van der Waals surface area contributed by atoms with Crippen molar-refractivity contribution in [3.05, 3.63) is 153 Å². The molecule has 0 radical (unpaired) electrons. The maximum atomic E-state index is 9.29. The first-order chi connectivity index (χ1) is 20.7. The average molecular weight is 538 g/mol. The summed E-state index contributed by atoms with van der Waals surface area (Å²) in [7, 11) is 0. The van der Waals surface area contributed by atoms with Crippen LogP contribution in [0.4, 0.5) is 0 Å². The second-order valence-electron chi connectivity index (χ2n) is 10.9. The van der Waals surface area contributed by atoms with E-state index < -0.39 is 0 Å². The van der Waals surface area contributed by atoms with E-state index in [4.69, 9.17) is 20.0 Å². The lowest BCUT2D eigenvalue weighted by Crippen LogP contribution is -2.23. The molecule has 8 bridgehead atoms. The molecule has 4 aliphatic carbocycles. The first-order valence-corrected chi connectivity index (χ1v) is 14.2. The number of allylic oxidation sites excluding steroid dienone is 2. The SMILES string of the molecule is N=C1C2=c3ccccc3=C1N=C1C=C(N=C3CC(=NCC4=CC(=N2)c2ccccc24)c2ccccc23)c2ccccc21. The van der Waals surface area contributed by atoms with Gasteiger partial charge in [0.25, 0.3) is 0 Å². The summed E-state index contributed by atoms with van der Waals surface area (Å²) < 4.78 is 0. The topological polar surface area (TPSA) is 73.3 Å². The van der Waals surface area contributed by atoms with Crippen molar-refractivity contribution in [2.75, 3.05) is 6.54 Å². The van der Waals surface area contributed by atoms with Gasteiger partial charge in [0.1, 0.15) is 5.71 Å². The van der Waals surface area contributed by atoms with Crippen molar-refractivity contribution >= 4 is 51.2 Å². The second-order valence-corrected chi connectivity index (χ2v) is 10.9. The molecule has 1 aliphatic heterocycles. The highest BCUT2D eigenvalue weighted by atomic mass is 14.9. The van der Waals surface area contributed by atoms with Crippen LogP contribution < -0.4 is 10.4 Å². The fourth-order valence-corrected chi connectivity index (χ4v) is 6.58. The molecule has 4 aromatic carbocycles. The van der Waals surface area contributed by atoms with Gasteiger partial charge in [-0.15, -0.1) is 0 Å². The van der Waals surface area contributed by atoms with Crippen molar-refractivity contribution in [3.63, 3.8) is 0 Å². The summed E-state index contributed by atoms with van der Waals surface area (Å²) >= 11 is 0. The Morgan fingerprint density at radius 2 is 1.02 bits per heavy atom. The molecule has 4 aromatic rings. The fraction of sp³-hybridized carbons (Fsp3) is 0.0541. The van der Waals surface area contributed by atoms with E-state index in [1.165, 1.54) is 0 Å². The summed E-state index contributed by atoms with van der Waals surface area (Å²) in [5, 5.41) is 11.1. The molecule has 0 saturated carbocycles. The molecule has 0 saturated heterocycles. The summed E-state index contributed by atoms with van der Waals surface area (Å²) in [4.78, 5) is 20.7. The monoisotopic (exact) mass is 537 g/mol. The standard InChI is InChI=1S/C37H23N5/c38-35-36-28-15-7-8-16-29(28)37(35)42-34-19-33(26-13-5-6-14-27(26)34)40-32-18-30(24-11-3-4-12-25(24)32)39-20-21-17-31(41-36)23-10-2-1-9-22(21)23/h1-17,19,38H,18,20H2. The first kappa shape index (κ1) is 23.2. The first-order valence-electron chi connectivity index (χ1n) is 14.2. The molecule has 42 heavy (non-hydrogen) atoms. The number of fused-ring (bicyclic) bond motifs is 16. The minimum absolute atomic E-state index is 0.332. The number of hydrogen-bond donors (Lipinski definition) is 1. The van der Waals surface area contributed by atoms with E-state index in [0.717, 1.165) is 77.9 Å². The molecule has 9 rings (SSSR count). The van der Waals surface area contributed by atoms with E-state index in [2.05, 4.69) is 66.7 Å². The molecule has 0 spiro atoms. The van der Waals surface area contributed by atoms with E-state index in [0.29, 0.717) is 30.1 Å². The van der Waals surface area contributed by atoms with Gasteiger partial charge < -0.3 is 0 Å². The Morgan fingerprint density at radius 3 is 1.71 bits per heavy atom. The van der Waals surface area contributed by atoms with Gasteiger partial charge in [-0.2, -0.15) is 0 Å². The lowest BCUT2D eigenvalue weighted by molar-refractivity contribution is 1.24. The minimum Gasteiger partial charge on any atom is -0.296 e. The van der Waals surface area contributed by atoms with Gasteiger partial charge in [0.15, 0.2) is 0 Å². The minimum atomic E-state index is 0.332. The number of hydrogen-bond acceptors (Lipinski definition) is 5. The average Bonchev–Trinajstić information content (AvgIpc) is 3.74. The van der Waals surface area contributed by atoms with Gasteiger partial charge in [-0.1, -0.05) is 97.1 Å². The Morgan fingerprint density at radius 1 is 0.500 bits per heavy atom. The Labute approximate surface area is 242 Å². The lowest BCUT2D eigenvalue weighted by Gasteiger charge is -2.05. The van der Waals surface area contributed by atoms with Crippen LogP contribution >= 0.6 is 0 Å².